The topological polar surface area (TPSA) is 95.1 Å². The summed E-state index contributed by atoms with van der Waals surface area (Å²) in [5.74, 6) is 0.821. The lowest BCUT2D eigenvalue weighted by atomic mass is 10.1. The number of aromatic nitrogens is 3. The van der Waals surface area contributed by atoms with Gasteiger partial charge in [0.05, 0.1) is 19.0 Å². The summed E-state index contributed by atoms with van der Waals surface area (Å²) < 4.78 is 6.75. The number of halogens is 1. The molecule has 8 heteroatoms. The van der Waals surface area contributed by atoms with Crippen LogP contribution in [0.2, 0.25) is 0 Å². The molecule has 1 amide bonds. The molecule has 7 nitrogen and oxygen atoms in total. The van der Waals surface area contributed by atoms with E-state index in [1.54, 1.807) is 36.2 Å². The number of benzene rings is 1. The number of carbonyl (C=O) groups is 1. The van der Waals surface area contributed by atoms with E-state index in [4.69, 9.17) is 10.5 Å². The normalized spacial score (nSPS) is 10.3. The zero-order chi connectivity index (χ0) is 16.1. The maximum atomic E-state index is 12.1. The van der Waals surface area contributed by atoms with Crippen molar-refractivity contribution in [1.82, 2.24) is 15.0 Å². The first-order valence-corrected chi connectivity index (χ1v) is 7.14. The van der Waals surface area contributed by atoms with E-state index in [9.17, 15) is 4.79 Å². The molecule has 0 unspecified atom stereocenters. The smallest absolute Gasteiger partial charge is 0.277 e. The number of methoxy groups -OCH3 is 1. The van der Waals surface area contributed by atoms with E-state index in [-0.39, 0.29) is 24.0 Å². The monoisotopic (exact) mass is 339 g/mol. The highest BCUT2D eigenvalue weighted by atomic mass is 35.5. The van der Waals surface area contributed by atoms with Gasteiger partial charge in [-0.15, -0.1) is 17.5 Å². The Labute approximate surface area is 141 Å². The molecule has 0 aliphatic rings. The molecule has 0 radical (unpaired) electrons. The minimum atomic E-state index is -0.319. The van der Waals surface area contributed by atoms with E-state index >= 15 is 0 Å². The Morgan fingerprint density at radius 3 is 2.78 bits per heavy atom. The third kappa shape index (κ3) is 5.14. The van der Waals surface area contributed by atoms with Crippen molar-refractivity contribution in [3.63, 3.8) is 0 Å². The number of hydrogen-bond acceptors (Lipinski definition) is 5. The number of amides is 1. The fourth-order valence-electron chi connectivity index (χ4n) is 1.91. The summed E-state index contributed by atoms with van der Waals surface area (Å²) in [6.45, 7) is 5.02. The van der Waals surface area contributed by atoms with Gasteiger partial charge in [-0.3, -0.25) is 9.48 Å². The number of nitrogens with one attached hydrogen (secondary N) is 1. The van der Waals surface area contributed by atoms with E-state index < -0.39 is 0 Å². The maximum absolute atomic E-state index is 12.1. The molecule has 1 heterocycles. The van der Waals surface area contributed by atoms with Crippen LogP contribution in [0.4, 0.5) is 11.4 Å². The summed E-state index contributed by atoms with van der Waals surface area (Å²) in [6, 6.07) is 5.06. The quantitative estimate of drug-likeness (QED) is 0.789. The first kappa shape index (κ1) is 18.8. The number of nitrogens with zero attached hydrogens (tertiary/aromatic N) is 3. The van der Waals surface area contributed by atoms with Crippen molar-refractivity contribution in [2.45, 2.75) is 26.8 Å². The SMILES string of the molecule is COc1ccc(NC(=O)c2cn(CCC(C)C)nn2)cc1N.Cl. The second-order valence-corrected chi connectivity index (χ2v) is 5.46. The fraction of sp³-hybridized carbons (Fsp3) is 0.400. The Bertz CT molecular complexity index is 657. The number of aryl methyl sites for hydroxylation is 1. The summed E-state index contributed by atoms with van der Waals surface area (Å²) in [5, 5.41) is 10.6. The highest BCUT2D eigenvalue weighted by Gasteiger charge is 2.12. The van der Waals surface area contributed by atoms with Gasteiger partial charge in [0.25, 0.3) is 5.91 Å². The van der Waals surface area contributed by atoms with Crippen LogP contribution in [-0.4, -0.2) is 28.0 Å². The molecule has 23 heavy (non-hydrogen) atoms. The summed E-state index contributed by atoms with van der Waals surface area (Å²) in [6.07, 6.45) is 2.63. The molecule has 0 spiro atoms. The van der Waals surface area contributed by atoms with Crippen LogP contribution < -0.4 is 15.8 Å². The summed E-state index contributed by atoms with van der Waals surface area (Å²) in [5.41, 5.74) is 7.13. The highest BCUT2D eigenvalue weighted by molar-refractivity contribution is 6.02. The van der Waals surface area contributed by atoms with Crippen LogP contribution in [0.5, 0.6) is 5.75 Å². The Kier molecular flexibility index (Phi) is 6.84. The van der Waals surface area contributed by atoms with Gasteiger partial charge in [-0.05, 0) is 30.5 Å². The predicted octanol–water partition coefficient (Wildman–Crippen LogP) is 2.59. The standard InChI is InChI=1S/C15H21N5O2.ClH/c1-10(2)6-7-20-9-13(18-19-20)15(21)17-11-4-5-14(22-3)12(16)8-11;/h4-5,8-10H,6-7,16H2,1-3H3,(H,17,21);1H. The average Bonchev–Trinajstić information content (AvgIpc) is 2.94. The van der Waals surface area contributed by atoms with Crippen LogP contribution in [-0.2, 0) is 6.54 Å². The molecule has 0 saturated carbocycles. The van der Waals surface area contributed by atoms with Gasteiger partial charge in [0.15, 0.2) is 5.69 Å². The van der Waals surface area contributed by atoms with E-state index in [2.05, 4.69) is 29.5 Å². The zero-order valence-corrected chi connectivity index (χ0v) is 14.3. The number of carbonyl (C=O) groups excluding carboxylic acids is 1. The zero-order valence-electron chi connectivity index (χ0n) is 13.4. The van der Waals surface area contributed by atoms with Crippen LogP contribution in [0.15, 0.2) is 24.4 Å². The van der Waals surface area contributed by atoms with Crippen molar-refractivity contribution in [2.24, 2.45) is 5.92 Å². The van der Waals surface area contributed by atoms with Gasteiger partial charge in [-0.25, -0.2) is 0 Å². The molecule has 3 N–H and O–H groups in total. The Morgan fingerprint density at radius 2 is 2.17 bits per heavy atom. The molecule has 1 aromatic carbocycles. The van der Waals surface area contributed by atoms with Crippen molar-refractivity contribution in [3.05, 3.63) is 30.1 Å². The highest BCUT2D eigenvalue weighted by Crippen LogP contribution is 2.24. The molecular formula is C15H22ClN5O2. The lowest BCUT2D eigenvalue weighted by Gasteiger charge is -2.07. The summed E-state index contributed by atoms with van der Waals surface area (Å²) in [4.78, 5) is 12.1. The van der Waals surface area contributed by atoms with Crippen molar-refractivity contribution in [3.8, 4) is 5.75 Å². The molecular weight excluding hydrogens is 318 g/mol. The number of nitrogen functional groups attached to an aromatic ring is 1. The lowest BCUT2D eigenvalue weighted by Crippen LogP contribution is -2.12. The number of nitrogens with two attached hydrogens (primary N) is 1. The molecule has 0 bridgehead atoms. The molecule has 0 saturated heterocycles. The van der Waals surface area contributed by atoms with Crippen LogP contribution in [0.3, 0.4) is 0 Å². The van der Waals surface area contributed by atoms with E-state index in [1.165, 1.54) is 0 Å². The van der Waals surface area contributed by atoms with Crippen LogP contribution >= 0.6 is 12.4 Å². The van der Waals surface area contributed by atoms with Gasteiger partial charge in [-0.2, -0.15) is 0 Å². The molecule has 1 aromatic heterocycles. The first-order chi connectivity index (χ1) is 10.5. The molecule has 0 aliphatic carbocycles. The van der Waals surface area contributed by atoms with Crippen molar-refractivity contribution in [1.29, 1.82) is 0 Å². The van der Waals surface area contributed by atoms with Crippen molar-refractivity contribution < 1.29 is 9.53 Å². The minimum Gasteiger partial charge on any atom is -0.495 e. The fourth-order valence-corrected chi connectivity index (χ4v) is 1.91. The van der Waals surface area contributed by atoms with Crippen LogP contribution in [0.1, 0.15) is 30.8 Å². The number of anilines is 2. The lowest BCUT2D eigenvalue weighted by molar-refractivity contribution is 0.102. The number of ether oxygens (including phenoxy) is 1. The molecule has 2 aromatic rings. The average molecular weight is 340 g/mol. The van der Waals surface area contributed by atoms with Gasteiger partial charge in [0.1, 0.15) is 5.75 Å². The molecule has 2 rings (SSSR count). The van der Waals surface area contributed by atoms with E-state index in [0.29, 0.717) is 23.0 Å². The molecule has 0 aliphatic heterocycles. The number of hydrogen-bond donors (Lipinski definition) is 2. The van der Waals surface area contributed by atoms with E-state index in [1.807, 2.05) is 0 Å². The molecule has 0 atom stereocenters. The van der Waals surface area contributed by atoms with Crippen LogP contribution in [0, 0.1) is 5.92 Å². The van der Waals surface area contributed by atoms with Gasteiger partial charge >= 0.3 is 0 Å². The summed E-state index contributed by atoms with van der Waals surface area (Å²) in [7, 11) is 1.54. The maximum Gasteiger partial charge on any atom is 0.277 e. The second kappa shape index (κ2) is 8.38. The Hall–Kier alpha value is -2.28. The Balaban J connectivity index is 0.00000264. The van der Waals surface area contributed by atoms with Crippen LogP contribution in [0.25, 0.3) is 0 Å². The number of rotatable bonds is 6. The second-order valence-electron chi connectivity index (χ2n) is 5.46. The van der Waals surface area contributed by atoms with Gasteiger partial charge in [0.2, 0.25) is 0 Å². The van der Waals surface area contributed by atoms with Gasteiger partial charge < -0.3 is 15.8 Å². The minimum absolute atomic E-state index is 0. The third-order valence-corrected chi connectivity index (χ3v) is 3.19. The Morgan fingerprint density at radius 1 is 1.43 bits per heavy atom. The summed E-state index contributed by atoms with van der Waals surface area (Å²) >= 11 is 0. The molecule has 126 valence electrons. The van der Waals surface area contributed by atoms with E-state index in [0.717, 1.165) is 13.0 Å². The van der Waals surface area contributed by atoms with Crippen molar-refractivity contribution in [2.75, 3.05) is 18.2 Å². The van der Waals surface area contributed by atoms with Crippen molar-refractivity contribution >= 4 is 29.7 Å². The van der Waals surface area contributed by atoms with Gasteiger partial charge in [-0.1, -0.05) is 19.1 Å². The largest absolute Gasteiger partial charge is 0.495 e. The third-order valence-electron chi connectivity index (χ3n) is 3.19. The molecule has 0 fully saturated rings. The predicted molar refractivity (Wildman–Crippen MR) is 92.1 cm³/mol. The first-order valence-electron chi connectivity index (χ1n) is 7.14. The van der Waals surface area contributed by atoms with Gasteiger partial charge in [0, 0.05) is 12.2 Å².